The smallest absolute Gasteiger partial charge is 0.273 e. The molecular formula is C16H18N2O. The minimum atomic E-state index is -0.0291. The number of nitrogens with zero attached hydrogens (tertiary/aromatic N) is 2. The van der Waals surface area contributed by atoms with Gasteiger partial charge in [0.05, 0.1) is 0 Å². The highest BCUT2D eigenvalue weighted by molar-refractivity contribution is 6.05. The Morgan fingerprint density at radius 3 is 2.89 bits per heavy atom. The zero-order valence-corrected chi connectivity index (χ0v) is 11.2. The van der Waals surface area contributed by atoms with E-state index in [0.29, 0.717) is 12.2 Å². The number of carbonyl (C=O) groups excluding carboxylic acids is 1. The van der Waals surface area contributed by atoms with Crippen LogP contribution in [0.25, 0.3) is 10.8 Å². The van der Waals surface area contributed by atoms with Crippen molar-refractivity contribution in [2.45, 2.75) is 13.3 Å². The lowest BCUT2D eigenvalue weighted by molar-refractivity contribution is 0.0770. The lowest BCUT2D eigenvalue weighted by Gasteiger charge is -2.20. The van der Waals surface area contributed by atoms with Gasteiger partial charge in [0.25, 0.3) is 5.91 Å². The van der Waals surface area contributed by atoms with Crippen molar-refractivity contribution in [2.75, 3.05) is 13.1 Å². The minimum Gasteiger partial charge on any atom is -0.334 e. The Balaban J connectivity index is 2.42. The molecule has 0 aliphatic carbocycles. The minimum absolute atomic E-state index is 0.0291. The van der Waals surface area contributed by atoms with E-state index in [1.165, 1.54) is 0 Å². The molecule has 0 fully saturated rings. The van der Waals surface area contributed by atoms with Gasteiger partial charge < -0.3 is 4.90 Å². The first kappa shape index (κ1) is 13.3. The maximum Gasteiger partial charge on any atom is 0.273 e. The quantitative estimate of drug-likeness (QED) is 0.767. The predicted molar refractivity (Wildman–Crippen MR) is 78.1 cm³/mol. The lowest BCUT2D eigenvalue weighted by Crippen LogP contribution is -2.32. The normalized spacial score (nSPS) is 10.4. The molecular weight excluding hydrogens is 236 g/mol. The summed E-state index contributed by atoms with van der Waals surface area (Å²) in [6, 6.07) is 9.74. The van der Waals surface area contributed by atoms with Crippen LogP contribution in [0, 0.1) is 0 Å². The number of pyridine rings is 1. The number of rotatable bonds is 5. The molecule has 3 nitrogen and oxygen atoms in total. The fourth-order valence-corrected chi connectivity index (χ4v) is 2.14. The van der Waals surface area contributed by atoms with Crippen LogP contribution in [-0.2, 0) is 0 Å². The van der Waals surface area contributed by atoms with Crippen molar-refractivity contribution >= 4 is 16.7 Å². The maximum atomic E-state index is 12.6. The van der Waals surface area contributed by atoms with Gasteiger partial charge in [-0.25, -0.2) is 0 Å². The number of fused-ring (bicyclic) bond motifs is 1. The molecule has 1 aromatic carbocycles. The van der Waals surface area contributed by atoms with E-state index in [9.17, 15) is 4.79 Å². The van der Waals surface area contributed by atoms with Gasteiger partial charge in [-0.15, -0.1) is 6.58 Å². The molecule has 0 unspecified atom stereocenters. The van der Waals surface area contributed by atoms with Crippen LogP contribution in [0.5, 0.6) is 0 Å². The molecule has 1 amide bonds. The SMILES string of the molecule is C=CCN(CCC)C(=O)c1nccc2ccccc12. The third-order valence-corrected chi connectivity index (χ3v) is 3.01. The van der Waals surface area contributed by atoms with E-state index < -0.39 is 0 Å². The Labute approximate surface area is 113 Å². The van der Waals surface area contributed by atoms with E-state index in [1.54, 1.807) is 17.2 Å². The summed E-state index contributed by atoms with van der Waals surface area (Å²) in [5.74, 6) is -0.0291. The van der Waals surface area contributed by atoms with Gasteiger partial charge in [0.15, 0.2) is 0 Å². The molecule has 0 aliphatic heterocycles. The molecule has 2 aromatic rings. The van der Waals surface area contributed by atoms with Crippen LogP contribution in [0.3, 0.4) is 0 Å². The van der Waals surface area contributed by atoms with E-state index in [0.717, 1.165) is 23.7 Å². The number of aromatic nitrogens is 1. The Morgan fingerprint density at radius 2 is 2.16 bits per heavy atom. The average molecular weight is 254 g/mol. The number of carbonyl (C=O) groups is 1. The van der Waals surface area contributed by atoms with Gasteiger partial charge in [-0.2, -0.15) is 0 Å². The molecule has 2 rings (SSSR count). The predicted octanol–water partition coefficient (Wildman–Crippen LogP) is 3.27. The summed E-state index contributed by atoms with van der Waals surface area (Å²) in [6.45, 7) is 7.03. The Hall–Kier alpha value is -2.16. The van der Waals surface area contributed by atoms with Crippen LogP contribution in [0.4, 0.5) is 0 Å². The summed E-state index contributed by atoms with van der Waals surface area (Å²) >= 11 is 0. The largest absolute Gasteiger partial charge is 0.334 e. The molecule has 19 heavy (non-hydrogen) atoms. The molecule has 0 radical (unpaired) electrons. The Morgan fingerprint density at radius 1 is 1.37 bits per heavy atom. The van der Waals surface area contributed by atoms with Gasteiger partial charge in [-0.1, -0.05) is 37.3 Å². The standard InChI is InChI=1S/C16H18N2O/c1-3-11-18(12-4-2)16(19)15-14-8-6-5-7-13(14)9-10-17-15/h3,5-10H,1,4,11-12H2,2H3. The van der Waals surface area contributed by atoms with Crippen LogP contribution in [0.2, 0.25) is 0 Å². The van der Waals surface area contributed by atoms with Gasteiger partial charge in [0.2, 0.25) is 0 Å². The summed E-state index contributed by atoms with van der Waals surface area (Å²) in [4.78, 5) is 18.6. The second kappa shape index (κ2) is 6.14. The second-order valence-electron chi connectivity index (χ2n) is 4.42. The van der Waals surface area contributed by atoms with E-state index in [4.69, 9.17) is 0 Å². The van der Waals surface area contributed by atoms with Gasteiger partial charge in [0.1, 0.15) is 5.69 Å². The number of hydrogen-bond acceptors (Lipinski definition) is 2. The van der Waals surface area contributed by atoms with Crippen molar-refractivity contribution < 1.29 is 4.79 Å². The zero-order valence-electron chi connectivity index (χ0n) is 11.2. The van der Waals surface area contributed by atoms with Crippen LogP contribution >= 0.6 is 0 Å². The topological polar surface area (TPSA) is 33.2 Å². The highest BCUT2D eigenvalue weighted by Gasteiger charge is 2.17. The fourth-order valence-electron chi connectivity index (χ4n) is 2.14. The molecule has 0 saturated heterocycles. The van der Waals surface area contributed by atoms with E-state index in [-0.39, 0.29) is 5.91 Å². The monoisotopic (exact) mass is 254 g/mol. The van der Waals surface area contributed by atoms with Gasteiger partial charge in [-0.05, 0) is 17.9 Å². The summed E-state index contributed by atoms with van der Waals surface area (Å²) in [6.07, 6.45) is 4.36. The van der Waals surface area contributed by atoms with Crippen molar-refractivity contribution in [2.24, 2.45) is 0 Å². The molecule has 0 aliphatic rings. The fraction of sp³-hybridized carbons (Fsp3) is 0.250. The van der Waals surface area contributed by atoms with Crippen LogP contribution in [0.1, 0.15) is 23.8 Å². The lowest BCUT2D eigenvalue weighted by atomic mass is 10.1. The zero-order chi connectivity index (χ0) is 13.7. The second-order valence-corrected chi connectivity index (χ2v) is 4.42. The van der Waals surface area contributed by atoms with Crippen molar-refractivity contribution in [3.63, 3.8) is 0 Å². The molecule has 98 valence electrons. The molecule has 1 heterocycles. The molecule has 0 spiro atoms. The summed E-state index contributed by atoms with van der Waals surface area (Å²) in [7, 11) is 0. The molecule has 1 aromatic heterocycles. The summed E-state index contributed by atoms with van der Waals surface area (Å²) in [5.41, 5.74) is 0.522. The molecule has 0 saturated carbocycles. The van der Waals surface area contributed by atoms with Crippen molar-refractivity contribution in [1.29, 1.82) is 0 Å². The van der Waals surface area contributed by atoms with Crippen molar-refractivity contribution in [3.05, 3.63) is 54.9 Å². The Bertz CT molecular complexity index is 587. The Kier molecular flexibility index (Phi) is 4.29. The van der Waals surface area contributed by atoms with E-state index >= 15 is 0 Å². The average Bonchev–Trinajstić information content (AvgIpc) is 2.46. The van der Waals surface area contributed by atoms with E-state index in [2.05, 4.69) is 18.5 Å². The first-order valence-electron chi connectivity index (χ1n) is 6.51. The van der Waals surface area contributed by atoms with Crippen LogP contribution in [-0.4, -0.2) is 28.9 Å². The van der Waals surface area contributed by atoms with Crippen LogP contribution < -0.4 is 0 Å². The summed E-state index contributed by atoms with van der Waals surface area (Å²) < 4.78 is 0. The third-order valence-electron chi connectivity index (χ3n) is 3.01. The van der Waals surface area contributed by atoms with Crippen LogP contribution in [0.15, 0.2) is 49.2 Å². The molecule has 0 bridgehead atoms. The van der Waals surface area contributed by atoms with Gasteiger partial charge in [-0.3, -0.25) is 9.78 Å². The van der Waals surface area contributed by atoms with Crippen molar-refractivity contribution in [3.8, 4) is 0 Å². The number of benzene rings is 1. The third kappa shape index (κ3) is 2.81. The first-order valence-corrected chi connectivity index (χ1v) is 6.51. The van der Waals surface area contributed by atoms with Gasteiger partial charge in [0, 0.05) is 24.7 Å². The summed E-state index contributed by atoms with van der Waals surface area (Å²) in [5, 5.41) is 1.94. The highest BCUT2D eigenvalue weighted by atomic mass is 16.2. The first-order chi connectivity index (χ1) is 9.27. The molecule has 0 atom stereocenters. The van der Waals surface area contributed by atoms with Crippen molar-refractivity contribution in [1.82, 2.24) is 9.88 Å². The molecule has 0 N–H and O–H groups in total. The number of amides is 1. The molecule has 3 heteroatoms. The maximum absolute atomic E-state index is 12.6. The highest BCUT2D eigenvalue weighted by Crippen LogP contribution is 2.17. The number of hydrogen-bond donors (Lipinski definition) is 0. The van der Waals surface area contributed by atoms with Gasteiger partial charge >= 0.3 is 0 Å². The van der Waals surface area contributed by atoms with E-state index in [1.807, 2.05) is 30.3 Å².